The Balaban J connectivity index is 3.30. The van der Waals surface area contributed by atoms with E-state index in [9.17, 15) is 14.4 Å². The van der Waals surface area contributed by atoms with Crippen LogP contribution in [-0.2, 0) is 33.3 Å². The van der Waals surface area contributed by atoms with E-state index in [0.29, 0.717) is 13.2 Å². The average molecular weight is 649 g/mol. The van der Waals surface area contributed by atoms with Crippen LogP contribution in [0.3, 0.4) is 0 Å². The quantitative estimate of drug-likeness (QED) is 0.0289. The summed E-state index contributed by atoms with van der Waals surface area (Å²) in [6.45, 7) is 11.4. The summed E-state index contributed by atoms with van der Waals surface area (Å²) >= 11 is 0. The smallest absolute Gasteiger partial charge is 0.330 e. The Hall–Kier alpha value is -2.41. The molecule has 0 aromatic rings. The monoisotopic (exact) mass is 648 g/mol. The minimum atomic E-state index is -0.645. The predicted molar refractivity (Wildman–Crippen MR) is 189 cm³/mol. The van der Waals surface area contributed by atoms with Crippen LogP contribution in [0.2, 0.25) is 0 Å². The fourth-order valence-electron chi connectivity index (χ4n) is 5.38. The second-order valence-corrected chi connectivity index (χ2v) is 12.4. The molecule has 0 bridgehead atoms. The molecule has 0 aromatic heterocycles. The van der Waals surface area contributed by atoms with E-state index in [2.05, 4.69) is 19.7 Å². The first-order valence-electron chi connectivity index (χ1n) is 18.5. The second kappa shape index (κ2) is 35.4. The van der Waals surface area contributed by atoms with Crippen LogP contribution in [0.1, 0.15) is 161 Å². The standard InChI is InChI=1S/C39H68O7/c1-4-37(40)44-33-31-29-27-25-23-21-19-17-15-13-11-9-7-8-10-12-14-16-18-20-22-24-26-28-30-32-43-34-36(46-39(42)6-3)35-45-38(41)5-2/h4-6,36H,1-3,7-35H2. The van der Waals surface area contributed by atoms with Gasteiger partial charge in [0.1, 0.15) is 6.61 Å². The van der Waals surface area contributed by atoms with Gasteiger partial charge >= 0.3 is 17.9 Å². The minimum absolute atomic E-state index is 0.0597. The van der Waals surface area contributed by atoms with Gasteiger partial charge in [-0.2, -0.15) is 0 Å². The maximum absolute atomic E-state index is 11.4. The number of carbonyl (C=O) groups excluding carboxylic acids is 3. The molecule has 0 amide bonds. The highest BCUT2D eigenvalue weighted by molar-refractivity contribution is 5.82. The third kappa shape index (κ3) is 33.0. The normalized spacial score (nSPS) is 11.5. The number of hydrogen-bond donors (Lipinski definition) is 0. The summed E-state index contributed by atoms with van der Waals surface area (Å²) in [6.07, 6.45) is 35.5. The first-order chi connectivity index (χ1) is 22.5. The van der Waals surface area contributed by atoms with Gasteiger partial charge in [0.05, 0.1) is 13.2 Å². The highest BCUT2D eigenvalue weighted by atomic mass is 16.6. The molecule has 46 heavy (non-hydrogen) atoms. The van der Waals surface area contributed by atoms with Crippen molar-refractivity contribution in [1.29, 1.82) is 0 Å². The Morgan fingerprint density at radius 2 is 0.696 bits per heavy atom. The molecule has 0 aliphatic heterocycles. The van der Waals surface area contributed by atoms with E-state index >= 15 is 0 Å². The van der Waals surface area contributed by atoms with E-state index in [4.69, 9.17) is 18.9 Å². The topological polar surface area (TPSA) is 88.1 Å². The van der Waals surface area contributed by atoms with Gasteiger partial charge in [0.25, 0.3) is 0 Å². The van der Waals surface area contributed by atoms with Crippen molar-refractivity contribution in [2.45, 2.75) is 167 Å². The van der Waals surface area contributed by atoms with Crippen molar-refractivity contribution >= 4 is 17.9 Å². The van der Waals surface area contributed by atoms with E-state index in [1.165, 1.54) is 141 Å². The lowest BCUT2D eigenvalue weighted by Gasteiger charge is -2.17. The van der Waals surface area contributed by atoms with Crippen LogP contribution >= 0.6 is 0 Å². The fourth-order valence-corrected chi connectivity index (χ4v) is 5.38. The van der Waals surface area contributed by atoms with Crippen molar-refractivity contribution in [3.05, 3.63) is 38.0 Å². The lowest BCUT2D eigenvalue weighted by molar-refractivity contribution is -0.156. The van der Waals surface area contributed by atoms with Crippen molar-refractivity contribution in [2.75, 3.05) is 26.4 Å². The molecule has 0 saturated carbocycles. The Morgan fingerprint density at radius 3 is 1.04 bits per heavy atom. The van der Waals surface area contributed by atoms with Gasteiger partial charge in [-0.25, -0.2) is 14.4 Å². The molecule has 0 aromatic carbocycles. The lowest BCUT2D eigenvalue weighted by atomic mass is 10.0. The average Bonchev–Trinajstić information content (AvgIpc) is 3.07. The van der Waals surface area contributed by atoms with E-state index in [1.807, 2.05) is 0 Å². The van der Waals surface area contributed by atoms with Gasteiger partial charge in [0, 0.05) is 24.8 Å². The summed E-state index contributed by atoms with van der Waals surface area (Å²) in [5, 5.41) is 0. The number of rotatable bonds is 36. The summed E-state index contributed by atoms with van der Waals surface area (Å²) in [5.41, 5.74) is 0. The Labute approximate surface area is 281 Å². The molecule has 0 saturated heterocycles. The molecule has 7 nitrogen and oxygen atoms in total. The molecular weight excluding hydrogens is 580 g/mol. The van der Waals surface area contributed by atoms with Crippen LogP contribution < -0.4 is 0 Å². The van der Waals surface area contributed by atoms with E-state index in [1.54, 1.807) is 0 Å². The molecule has 0 fully saturated rings. The van der Waals surface area contributed by atoms with Crippen LogP contribution in [0.25, 0.3) is 0 Å². The zero-order valence-corrected chi connectivity index (χ0v) is 29.3. The van der Waals surface area contributed by atoms with Gasteiger partial charge in [-0.3, -0.25) is 0 Å². The maximum Gasteiger partial charge on any atom is 0.330 e. The SMILES string of the molecule is C=CC(=O)OCCCCCCCCCCCCCCCCCCCCCCCCCCCOCC(COC(=O)C=C)OC(=O)C=C. The third-order valence-electron chi connectivity index (χ3n) is 8.18. The highest BCUT2D eigenvalue weighted by Crippen LogP contribution is 2.16. The van der Waals surface area contributed by atoms with Gasteiger partial charge in [0.15, 0.2) is 6.10 Å². The summed E-state index contributed by atoms with van der Waals surface area (Å²) in [7, 11) is 0. The second-order valence-electron chi connectivity index (χ2n) is 12.4. The van der Waals surface area contributed by atoms with E-state index in [0.717, 1.165) is 37.8 Å². The largest absolute Gasteiger partial charge is 0.463 e. The van der Waals surface area contributed by atoms with Crippen LogP contribution in [-0.4, -0.2) is 50.4 Å². The molecule has 7 heteroatoms. The number of carbonyl (C=O) groups is 3. The maximum atomic E-state index is 11.4. The van der Waals surface area contributed by atoms with Gasteiger partial charge in [-0.05, 0) is 12.8 Å². The summed E-state index contributed by atoms with van der Waals surface area (Å²) < 4.78 is 20.7. The molecule has 0 radical (unpaired) electrons. The first kappa shape index (κ1) is 43.6. The fraction of sp³-hybridized carbons (Fsp3) is 0.769. The molecule has 1 unspecified atom stereocenters. The molecule has 0 heterocycles. The van der Waals surface area contributed by atoms with Crippen LogP contribution in [0.5, 0.6) is 0 Å². The molecule has 0 rings (SSSR count). The molecule has 0 spiro atoms. The van der Waals surface area contributed by atoms with Gasteiger partial charge < -0.3 is 18.9 Å². The lowest BCUT2D eigenvalue weighted by Crippen LogP contribution is -2.29. The summed E-state index contributed by atoms with van der Waals surface area (Å²) in [4.78, 5) is 33.6. The van der Waals surface area contributed by atoms with Crippen molar-refractivity contribution in [1.82, 2.24) is 0 Å². The summed E-state index contributed by atoms with van der Waals surface area (Å²) in [5.74, 6) is -1.43. The predicted octanol–water partition coefficient (Wildman–Crippen LogP) is 10.3. The minimum Gasteiger partial charge on any atom is -0.463 e. The van der Waals surface area contributed by atoms with Crippen molar-refractivity contribution in [3.8, 4) is 0 Å². The highest BCUT2D eigenvalue weighted by Gasteiger charge is 2.15. The number of unbranched alkanes of at least 4 members (excludes halogenated alkanes) is 24. The third-order valence-corrected chi connectivity index (χ3v) is 8.18. The molecule has 1 atom stereocenters. The van der Waals surface area contributed by atoms with Gasteiger partial charge in [-0.15, -0.1) is 0 Å². The molecule has 0 N–H and O–H groups in total. The van der Waals surface area contributed by atoms with Crippen molar-refractivity contribution in [3.63, 3.8) is 0 Å². The van der Waals surface area contributed by atoms with Crippen LogP contribution in [0.4, 0.5) is 0 Å². The molecular formula is C39H68O7. The van der Waals surface area contributed by atoms with E-state index in [-0.39, 0.29) is 19.2 Å². The number of hydrogen-bond acceptors (Lipinski definition) is 7. The number of esters is 3. The van der Waals surface area contributed by atoms with E-state index < -0.39 is 18.0 Å². The Kier molecular flexibility index (Phi) is 33.6. The number of ether oxygens (including phenoxy) is 4. The van der Waals surface area contributed by atoms with Crippen molar-refractivity contribution < 1.29 is 33.3 Å². The van der Waals surface area contributed by atoms with Crippen LogP contribution in [0, 0.1) is 0 Å². The Bertz CT molecular complexity index is 763. The first-order valence-corrected chi connectivity index (χ1v) is 18.5. The molecule has 266 valence electrons. The molecule has 0 aliphatic rings. The molecule has 0 aliphatic carbocycles. The zero-order valence-electron chi connectivity index (χ0n) is 29.3. The Morgan fingerprint density at radius 1 is 0.391 bits per heavy atom. The van der Waals surface area contributed by atoms with Crippen LogP contribution in [0.15, 0.2) is 38.0 Å². The van der Waals surface area contributed by atoms with Gasteiger partial charge in [-0.1, -0.05) is 167 Å². The van der Waals surface area contributed by atoms with Gasteiger partial charge in [0.2, 0.25) is 0 Å². The summed E-state index contributed by atoms with van der Waals surface area (Å²) in [6, 6.07) is 0. The zero-order chi connectivity index (χ0) is 33.8. The van der Waals surface area contributed by atoms with Crippen molar-refractivity contribution in [2.24, 2.45) is 0 Å².